The Hall–Kier alpha value is -0.170. The van der Waals surface area contributed by atoms with Crippen molar-refractivity contribution in [1.29, 1.82) is 0 Å². The lowest BCUT2D eigenvalue weighted by Gasteiger charge is -2.29. The summed E-state index contributed by atoms with van der Waals surface area (Å²) in [5, 5.41) is 3.39. The van der Waals surface area contributed by atoms with E-state index < -0.39 is 10.2 Å². The van der Waals surface area contributed by atoms with Gasteiger partial charge in [0.15, 0.2) is 0 Å². The van der Waals surface area contributed by atoms with E-state index in [4.69, 9.17) is 0 Å². The fraction of sp³-hybridized carbons (Fsp3) is 1.00. The summed E-state index contributed by atoms with van der Waals surface area (Å²) in [5.41, 5.74) is 0. The third-order valence-electron chi connectivity index (χ3n) is 3.20. The zero-order chi connectivity index (χ0) is 13.6. The Morgan fingerprint density at radius 3 is 2.61 bits per heavy atom. The van der Waals surface area contributed by atoms with Gasteiger partial charge in [0.25, 0.3) is 10.2 Å². The Bertz CT molecular complexity index is 324. The van der Waals surface area contributed by atoms with Gasteiger partial charge in [-0.2, -0.15) is 12.7 Å². The van der Waals surface area contributed by atoms with E-state index in [0.29, 0.717) is 31.6 Å². The molecule has 1 saturated heterocycles. The van der Waals surface area contributed by atoms with Gasteiger partial charge in [0.1, 0.15) is 0 Å². The maximum atomic E-state index is 12.1. The molecule has 0 radical (unpaired) electrons. The maximum absolute atomic E-state index is 12.1. The molecule has 108 valence electrons. The fourth-order valence-electron chi connectivity index (χ4n) is 2.09. The SMILES string of the molecule is CCN(CC1CCCCN1)S(=O)(=O)NCC(C)C. The Labute approximate surface area is 112 Å². The minimum Gasteiger partial charge on any atom is -0.313 e. The molecule has 1 atom stereocenters. The van der Waals surface area contributed by atoms with Crippen LogP contribution in [0.5, 0.6) is 0 Å². The molecule has 0 amide bonds. The monoisotopic (exact) mass is 277 g/mol. The van der Waals surface area contributed by atoms with E-state index in [1.54, 1.807) is 4.31 Å². The first-order valence-electron chi connectivity index (χ1n) is 6.93. The van der Waals surface area contributed by atoms with Crippen molar-refractivity contribution < 1.29 is 8.42 Å². The molecule has 0 aromatic heterocycles. The Balaban J connectivity index is 2.52. The van der Waals surface area contributed by atoms with Crippen molar-refractivity contribution in [2.24, 2.45) is 5.92 Å². The van der Waals surface area contributed by atoms with Crippen LogP contribution in [0.4, 0.5) is 0 Å². The minimum absolute atomic E-state index is 0.300. The molecule has 1 aliphatic rings. The zero-order valence-electron chi connectivity index (χ0n) is 11.8. The number of likely N-dealkylation sites (N-methyl/N-ethyl adjacent to an activating group) is 1. The Kier molecular flexibility index (Phi) is 6.55. The standard InChI is InChI=1S/C12H27N3O2S/c1-4-15(10-12-7-5-6-8-13-12)18(16,17)14-9-11(2)3/h11-14H,4-10H2,1-3H3. The van der Waals surface area contributed by atoms with Crippen molar-refractivity contribution in [2.75, 3.05) is 26.2 Å². The molecule has 1 rings (SSSR count). The molecule has 0 aromatic carbocycles. The molecule has 0 aliphatic carbocycles. The zero-order valence-corrected chi connectivity index (χ0v) is 12.6. The van der Waals surface area contributed by atoms with Gasteiger partial charge in [-0.1, -0.05) is 27.2 Å². The molecular formula is C12H27N3O2S. The molecule has 1 aliphatic heterocycles. The van der Waals surface area contributed by atoms with Crippen LogP contribution in [0.15, 0.2) is 0 Å². The van der Waals surface area contributed by atoms with E-state index in [-0.39, 0.29) is 0 Å². The molecule has 0 aromatic rings. The number of nitrogens with zero attached hydrogens (tertiary/aromatic N) is 1. The molecule has 2 N–H and O–H groups in total. The van der Waals surface area contributed by atoms with E-state index >= 15 is 0 Å². The molecule has 5 nitrogen and oxygen atoms in total. The van der Waals surface area contributed by atoms with Crippen molar-refractivity contribution in [3.05, 3.63) is 0 Å². The van der Waals surface area contributed by atoms with Crippen LogP contribution in [-0.4, -0.2) is 44.9 Å². The lowest BCUT2D eigenvalue weighted by molar-refractivity contribution is 0.316. The van der Waals surface area contributed by atoms with Gasteiger partial charge in [-0.05, 0) is 25.3 Å². The molecule has 0 spiro atoms. The average Bonchev–Trinajstić information content (AvgIpc) is 2.34. The first-order chi connectivity index (χ1) is 8.45. The second-order valence-electron chi connectivity index (χ2n) is 5.34. The molecule has 1 heterocycles. The molecule has 6 heteroatoms. The summed E-state index contributed by atoms with van der Waals surface area (Å²) >= 11 is 0. The number of hydrogen-bond acceptors (Lipinski definition) is 3. The van der Waals surface area contributed by atoms with Crippen molar-refractivity contribution >= 4 is 10.2 Å². The second kappa shape index (κ2) is 7.43. The number of nitrogens with one attached hydrogen (secondary N) is 2. The van der Waals surface area contributed by atoms with Gasteiger partial charge >= 0.3 is 0 Å². The minimum atomic E-state index is -3.32. The van der Waals surface area contributed by atoms with E-state index in [1.165, 1.54) is 12.8 Å². The van der Waals surface area contributed by atoms with Crippen LogP contribution in [0.25, 0.3) is 0 Å². The molecule has 18 heavy (non-hydrogen) atoms. The topological polar surface area (TPSA) is 61.4 Å². The maximum Gasteiger partial charge on any atom is 0.279 e. The summed E-state index contributed by atoms with van der Waals surface area (Å²) in [6.45, 7) is 8.48. The lowest BCUT2D eigenvalue weighted by Crippen LogP contribution is -2.49. The smallest absolute Gasteiger partial charge is 0.279 e. The van der Waals surface area contributed by atoms with Gasteiger partial charge in [0.2, 0.25) is 0 Å². The molecule has 0 bridgehead atoms. The van der Waals surface area contributed by atoms with Gasteiger partial charge in [0.05, 0.1) is 0 Å². The summed E-state index contributed by atoms with van der Waals surface area (Å²) in [5.74, 6) is 0.325. The van der Waals surface area contributed by atoms with Crippen molar-refractivity contribution in [3.63, 3.8) is 0 Å². The van der Waals surface area contributed by atoms with E-state index in [1.807, 2.05) is 20.8 Å². The van der Waals surface area contributed by atoms with Crippen LogP contribution in [-0.2, 0) is 10.2 Å². The summed E-state index contributed by atoms with van der Waals surface area (Å²) in [6, 6.07) is 0.300. The Morgan fingerprint density at radius 2 is 2.11 bits per heavy atom. The van der Waals surface area contributed by atoms with Gasteiger partial charge in [0, 0.05) is 25.7 Å². The highest BCUT2D eigenvalue weighted by Crippen LogP contribution is 2.10. The van der Waals surface area contributed by atoms with Gasteiger partial charge < -0.3 is 5.32 Å². The van der Waals surface area contributed by atoms with Crippen LogP contribution in [0.2, 0.25) is 0 Å². The first kappa shape index (κ1) is 15.9. The number of piperidine rings is 1. The summed E-state index contributed by atoms with van der Waals surface area (Å²) in [6.07, 6.45) is 3.45. The molecule has 0 saturated carbocycles. The molecule has 1 fully saturated rings. The van der Waals surface area contributed by atoms with Crippen LogP contribution >= 0.6 is 0 Å². The predicted octanol–water partition coefficient (Wildman–Crippen LogP) is 0.941. The summed E-state index contributed by atoms with van der Waals surface area (Å²) < 4.78 is 28.5. The summed E-state index contributed by atoms with van der Waals surface area (Å²) in [4.78, 5) is 0. The molecule has 1 unspecified atom stereocenters. The normalized spacial score (nSPS) is 21.7. The predicted molar refractivity (Wildman–Crippen MR) is 74.6 cm³/mol. The first-order valence-corrected chi connectivity index (χ1v) is 8.37. The largest absolute Gasteiger partial charge is 0.313 e. The lowest BCUT2D eigenvalue weighted by atomic mass is 10.1. The van der Waals surface area contributed by atoms with Crippen molar-refractivity contribution in [3.8, 4) is 0 Å². The molecular weight excluding hydrogens is 250 g/mol. The van der Waals surface area contributed by atoms with Crippen LogP contribution in [0, 0.1) is 5.92 Å². The number of rotatable bonds is 7. The van der Waals surface area contributed by atoms with Crippen LogP contribution in [0.3, 0.4) is 0 Å². The van der Waals surface area contributed by atoms with E-state index in [0.717, 1.165) is 13.0 Å². The number of hydrogen-bond donors (Lipinski definition) is 2. The van der Waals surface area contributed by atoms with Crippen LogP contribution < -0.4 is 10.0 Å². The quantitative estimate of drug-likeness (QED) is 0.728. The highest BCUT2D eigenvalue weighted by Gasteiger charge is 2.24. The fourth-order valence-corrected chi connectivity index (χ4v) is 3.53. The van der Waals surface area contributed by atoms with E-state index in [2.05, 4.69) is 10.0 Å². The average molecular weight is 277 g/mol. The third-order valence-corrected chi connectivity index (χ3v) is 4.82. The highest BCUT2D eigenvalue weighted by molar-refractivity contribution is 7.87. The Morgan fingerprint density at radius 1 is 1.39 bits per heavy atom. The van der Waals surface area contributed by atoms with Crippen LogP contribution in [0.1, 0.15) is 40.0 Å². The third kappa shape index (κ3) is 5.22. The second-order valence-corrected chi connectivity index (χ2v) is 7.10. The van der Waals surface area contributed by atoms with E-state index in [9.17, 15) is 8.42 Å². The highest BCUT2D eigenvalue weighted by atomic mass is 32.2. The van der Waals surface area contributed by atoms with Crippen molar-refractivity contribution in [1.82, 2.24) is 14.3 Å². The van der Waals surface area contributed by atoms with Gasteiger partial charge in [-0.25, -0.2) is 4.72 Å². The van der Waals surface area contributed by atoms with Gasteiger partial charge in [-0.15, -0.1) is 0 Å². The summed E-state index contributed by atoms with van der Waals surface area (Å²) in [7, 11) is -3.32. The van der Waals surface area contributed by atoms with Crippen molar-refractivity contribution in [2.45, 2.75) is 46.1 Å². The van der Waals surface area contributed by atoms with Gasteiger partial charge in [-0.3, -0.25) is 0 Å².